The van der Waals surface area contributed by atoms with Crippen LogP contribution in [0.1, 0.15) is 0 Å². The van der Waals surface area contributed by atoms with Gasteiger partial charge in [-0.1, -0.05) is 23.2 Å². The molecule has 0 aliphatic heterocycles. The van der Waals surface area contributed by atoms with E-state index in [4.69, 9.17) is 28.9 Å². The van der Waals surface area contributed by atoms with Gasteiger partial charge in [0.25, 0.3) is 0 Å². The molecule has 0 atom stereocenters. The largest absolute Gasteiger partial charge is 0.411 e. The molecule has 2 N–H and O–H groups in total. The predicted molar refractivity (Wildman–Crippen MR) is 71.0 cm³/mol. The van der Waals surface area contributed by atoms with E-state index in [0.717, 1.165) is 0 Å². The van der Waals surface area contributed by atoms with Gasteiger partial charge < -0.3 is 15.0 Å². The lowest BCUT2D eigenvalue weighted by atomic mass is 10.3. The van der Waals surface area contributed by atoms with Gasteiger partial charge in [-0.25, -0.2) is 4.98 Å². The van der Waals surface area contributed by atoms with E-state index in [2.05, 4.69) is 9.72 Å². The average molecular weight is 328 g/mol. The molecule has 0 amide bonds. The summed E-state index contributed by atoms with van der Waals surface area (Å²) in [6, 6.07) is 3.11. The molecule has 9 heteroatoms. The van der Waals surface area contributed by atoms with Crippen LogP contribution in [0.5, 0.6) is 0 Å². The van der Waals surface area contributed by atoms with Gasteiger partial charge in [0.2, 0.25) is 5.95 Å². The van der Waals surface area contributed by atoms with Gasteiger partial charge in [-0.3, -0.25) is 0 Å². The normalized spacial score (nSPS) is 12.2. The topological polar surface area (TPSA) is 53.1 Å². The fourth-order valence-electron chi connectivity index (χ4n) is 1.72. The molecule has 0 saturated heterocycles. The summed E-state index contributed by atoms with van der Waals surface area (Å²) in [6.45, 7) is -1.31. The first kappa shape index (κ1) is 15.2. The van der Waals surface area contributed by atoms with Gasteiger partial charge in [-0.05, 0) is 12.1 Å². The molecule has 0 radical (unpaired) electrons. The predicted octanol–water partition coefficient (Wildman–Crippen LogP) is 3.50. The SMILES string of the molecule is Nc1nc2cc(Cl)c(Cl)cc2n1CCOCC(F)(F)F. The van der Waals surface area contributed by atoms with Gasteiger partial charge in [0.05, 0.1) is 27.7 Å². The zero-order valence-corrected chi connectivity index (χ0v) is 11.6. The summed E-state index contributed by atoms with van der Waals surface area (Å²) in [5.41, 5.74) is 6.82. The van der Waals surface area contributed by atoms with Crippen LogP contribution in [-0.4, -0.2) is 28.9 Å². The van der Waals surface area contributed by atoms with Crippen molar-refractivity contribution in [3.8, 4) is 0 Å². The van der Waals surface area contributed by atoms with Crippen molar-refractivity contribution < 1.29 is 17.9 Å². The van der Waals surface area contributed by atoms with Crippen LogP contribution in [-0.2, 0) is 11.3 Å². The molecule has 0 bridgehead atoms. The van der Waals surface area contributed by atoms with E-state index in [0.29, 0.717) is 21.1 Å². The van der Waals surface area contributed by atoms with Gasteiger partial charge in [0, 0.05) is 6.54 Å². The van der Waals surface area contributed by atoms with E-state index in [1.165, 1.54) is 4.57 Å². The zero-order valence-electron chi connectivity index (χ0n) is 10.0. The Bertz CT molecular complexity index is 627. The molecule has 0 aliphatic carbocycles. The van der Waals surface area contributed by atoms with Crippen molar-refractivity contribution in [1.82, 2.24) is 9.55 Å². The second-order valence-electron chi connectivity index (χ2n) is 4.04. The maximum absolute atomic E-state index is 12.0. The van der Waals surface area contributed by atoms with Gasteiger partial charge in [-0.2, -0.15) is 13.2 Å². The van der Waals surface area contributed by atoms with E-state index in [9.17, 15) is 13.2 Å². The van der Waals surface area contributed by atoms with E-state index < -0.39 is 12.8 Å². The number of rotatable bonds is 4. The number of benzene rings is 1. The first-order valence-electron chi connectivity index (χ1n) is 5.53. The minimum absolute atomic E-state index is 0.135. The maximum atomic E-state index is 12.0. The summed E-state index contributed by atoms with van der Waals surface area (Å²) < 4.78 is 41.9. The number of alkyl halides is 3. The molecule has 2 rings (SSSR count). The molecule has 4 nitrogen and oxygen atoms in total. The first-order valence-corrected chi connectivity index (χ1v) is 6.29. The van der Waals surface area contributed by atoms with Crippen LogP contribution in [0.2, 0.25) is 10.0 Å². The number of nitrogens with two attached hydrogens (primary N) is 1. The molecule has 1 aromatic heterocycles. The second-order valence-corrected chi connectivity index (χ2v) is 4.86. The minimum Gasteiger partial charge on any atom is -0.370 e. The highest BCUT2D eigenvalue weighted by Crippen LogP contribution is 2.28. The van der Waals surface area contributed by atoms with Gasteiger partial charge in [0.15, 0.2) is 0 Å². The summed E-state index contributed by atoms with van der Waals surface area (Å²) >= 11 is 11.8. The monoisotopic (exact) mass is 327 g/mol. The number of halogens is 5. The van der Waals surface area contributed by atoms with Crippen LogP contribution >= 0.6 is 23.2 Å². The number of nitrogens with zero attached hydrogens (tertiary/aromatic N) is 2. The smallest absolute Gasteiger partial charge is 0.370 e. The van der Waals surface area contributed by atoms with Gasteiger partial charge in [0.1, 0.15) is 6.61 Å². The van der Waals surface area contributed by atoms with Crippen molar-refractivity contribution in [2.75, 3.05) is 18.9 Å². The Labute approximate surface area is 122 Å². The van der Waals surface area contributed by atoms with Crippen molar-refractivity contribution in [2.45, 2.75) is 12.7 Å². The summed E-state index contributed by atoms with van der Waals surface area (Å²) in [7, 11) is 0. The number of imidazole rings is 1. The molecule has 0 unspecified atom stereocenters. The maximum Gasteiger partial charge on any atom is 0.411 e. The molecule has 1 aromatic carbocycles. The highest BCUT2D eigenvalue weighted by Gasteiger charge is 2.27. The first-order chi connectivity index (χ1) is 9.28. The lowest BCUT2D eigenvalue weighted by Crippen LogP contribution is -2.19. The van der Waals surface area contributed by atoms with Crippen molar-refractivity contribution >= 4 is 40.2 Å². The molecule has 0 spiro atoms. The summed E-state index contributed by atoms with van der Waals surface area (Å²) in [5.74, 6) is 0.161. The van der Waals surface area contributed by atoms with Crippen molar-refractivity contribution in [2.24, 2.45) is 0 Å². The molecule has 2 aromatic rings. The second kappa shape index (κ2) is 5.67. The van der Waals surface area contributed by atoms with Crippen molar-refractivity contribution in [3.63, 3.8) is 0 Å². The Hall–Kier alpha value is -1.18. The van der Waals surface area contributed by atoms with Crippen LogP contribution in [0.4, 0.5) is 19.1 Å². The number of hydrogen-bond donors (Lipinski definition) is 1. The Morgan fingerprint density at radius 1 is 1.25 bits per heavy atom. The van der Waals surface area contributed by atoms with Crippen molar-refractivity contribution in [3.05, 3.63) is 22.2 Å². The molecule has 0 fully saturated rings. The molecular formula is C11H10Cl2F3N3O. The van der Waals surface area contributed by atoms with Crippen LogP contribution in [0.25, 0.3) is 11.0 Å². The molecular weight excluding hydrogens is 318 g/mol. The third kappa shape index (κ3) is 3.47. The van der Waals surface area contributed by atoms with Gasteiger partial charge >= 0.3 is 6.18 Å². The van der Waals surface area contributed by atoms with Crippen LogP contribution in [0, 0.1) is 0 Å². The van der Waals surface area contributed by atoms with E-state index in [1.54, 1.807) is 12.1 Å². The minimum atomic E-state index is -4.35. The zero-order chi connectivity index (χ0) is 14.9. The molecule has 0 aliphatic rings. The third-order valence-electron chi connectivity index (χ3n) is 2.54. The Morgan fingerprint density at radius 2 is 1.90 bits per heavy atom. The standard InChI is InChI=1S/C11H10Cl2F3N3O/c12-6-3-8-9(4-7(6)13)19(10(17)18-8)1-2-20-5-11(14,15)16/h3-4H,1-2,5H2,(H2,17,18). The summed E-state index contributed by atoms with van der Waals surface area (Å²) in [6.07, 6.45) is -4.35. The lowest BCUT2D eigenvalue weighted by molar-refractivity contribution is -0.174. The number of nitrogen functional groups attached to an aromatic ring is 1. The highest BCUT2D eigenvalue weighted by molar-refractivity contribution is 6.42. The molecule has 1 heterocycles. The molecule has 0 saturated carbocycles. The highest BCUT2D eigenvalue weighted by atomic mass is 35.5. The summed E-state index contributed by atoms with van der Waals surface area (Å²) in [5, 5.41) is 0.647. The summed E-state index contributed by atoms with van der Waals surface area (Å²) in [4.78, 5) is 4.06. The van der Waals surface area contributed by atoms with Crippen LogP contribution < -0.4 is 5.73 Å². The fraction of sp³-hybridized carbons (Fsp3) is 0.364. The van der Waals surface area contributed by atoms with Gasteiger partial charge in [-0.15, -0.1) is 0 Å². The average Bonchev–Trinajstić information content (AvgIpc) is 2.60. The molecule has 110 valence electrons. The lowest BCUT2D eigenvalue weighted by Gasteiger charge is -2.09. The van der Waals surface area contributed by atoms with E-state index >= 15 is 0 Å². The van der Waals surface area contributed by atoms with E-state index in [1.807, 2.05) is 0 Å². The van der Waals surface area contributed by atoms with Crippen molar-refractivity contribution in [1.29, 1.82) is 0 Å². The Balaban J connectivity index is 2.14. The number of fused-ring (bicyclic) bond motifs is 1. The number of ether oxygens (including phenoxy) is 1. The van der Waals surface area contributed by atoms with Crippen LogP contribution in [0.3, 0.4) is 0 Å². The third-order valence-corrected chi connectivity index (χ3v) is 3.27. The fourth-order valence-corrected chi connectivity index (χ4v) is 2.03. The quantitative estimate of drug-likeness (QED) is 0.874. The Kier molecular flexibility index (Phi) is 4.31. The Morgan fingerprint density at radius 3 is 2.55 bits per heavy atom. The number of hydrogen-bond acceptors (Lipinski definition) is 3. The van der Waals surface area contributed by atoms with E-state index in [-0.39, 0.29) is 19.1 Å². The number of anilines is 1. The van der Waals surface area contributed by atoms with Crippen LogP contribution in [0.15, 0.2) is 12.1 Å². The number of aromatic nitrogens is 2. The molecule has 20 heavy (non-hydrogen) atoms.